The van der Waals surface area contributed by atoms with Crippen LogP contribution in [0.5, 0.6) is 0 Å². The van der Waals surface area contributed by atoms with E-state index in [4.69, 9.17) is 5.73 Å². The van der Waals surface area contributed by atoms with Crippen molar-refractivity contribution in [1.82, 2.24) is 9.80 Å². The number of amides is 1. The Morgan fingerprint density at radius 1 is 1.29 bits per heavy atom. The molecule has 1 unspecified atom stereocenters. The van der Waals surface area contributed by atoms with Gasteiger partial charge in [0.1, 0.15) is 0 Å². The summed E-state index contributed by atoms with van der Waals surface area (Å²) >= 11 is 0. The van der Waals surface area contributed by atoms with E-state index in [0.29, 0.717) is 17.7 Å². The maximum absolute atomic E-state index is 12.1. The largest absolute Gasteiger partial charge is 0.340 e. The Morgan fingerprint density at radius 3 is 2.41 bits per heavy atom. The second-order valence-electron chi connectivity index (χ2n) is 5.59. The summed E-state index contributed by atoms with van der Waals surface area (Å²) in [6.45, 7) is 7.86. The molecule has 0 bridgehead atoms. The summed E-state index contributed by atoms with van der Waals surface area (Å²) in [5.74, 6) is 1.32. The third kappa shape index (κ3) is 3.19. The Hall–Kier alpha value is -0.610. The zero-order valence-electron chi connectivity index (χ0n) is 10.9. The molecule has 2 N–H and O–H groups in total. The third-order valence-corrected chi connectivity index (χ3v) is 4.11. The van der Waals surface area contributed by atoms with E-state index in [1.807, 2.05) is 0 Å². The van der Waals surface area contributed by atoms with Crippen molar-refractivity contribution in [3.63, 3.8) is 0 Å². The SMILES string of the molecule is CC(CN)CN1CCN(C(=O)C2CCC2)CC1. The fraction of sp³-hybridized carbons (Fsp3) is 0.923. The molecule has 4 heteroatoms. The molecule has 0 spiro atoms. The molecule has 2 fully saturated rings. The number of carbonyl (C=O) groups is 1. The van der Waals surface area contributed by atoms with Crippen LogP contribution in [0, 0.1) is 11.8 Å². The smallest absolute Gasteiger partial charge is 0.225 e. The van der Waals surface area contributed by atoms with Crippen LogP contribution in [0.1, 0.15) is 26.2 Å². The Bertz CT molecular complexity index is 257. The fourth-order valence-electron chi connectivity index (χ4n) is 2.58. The minimum absolute atomic E-state index is 0.351. The first-order valence-electron chi connectivity index (χ1n) is 6.92. The van der Waals surface area contributed by atoms with Gasteiger partial charge in [-0.25, -0.2) is 0 Å². The van der Waals surface area contributed by atoms with E-state index in [2.05, 4.69) is 16.7 Å². The van der Waals surface area contributed by atoms with Crippen LogP contribution in [0.2, 0.25) is 0 Å². The van der Waals surface area contributed by atoms with Crippen LogP contribution in [0.25, 0.3) is 0 Å². The van der Waals surface area contributed by atoms with Gasteiger partial charge in [0.15, 0.2) is 0 Å². The van der Waals surface area contributed by atoms with Crippen molar-refractivity contribution < 1.29 is 4.79 Å². The number of hydrogen-bond acceptors (Lipinski definition) is 3. The maximum Gasteiger partial charge on any atom is 0.225 e. The highest BCUT2D eigenvalue weighted by molar-refractivity contribution is 5.79. The Labute approximate surface area is 104 Å². The minimum Gasteiger partial charge on any atom is -0.340 e. The predicted octanol–water partition coefficient (Wildman–Crippen LogP) is 0.526. The summed E-state index contributed by atoms with van der Waals surface area (Å²) in [6.07, 6.45) is 3.47. The summed E-state index contributed by atoms with van der Waals surface area (Å²) in [7, 11) is 0. The Morgan fingerprint density at radius 2 is 1.94 bits per heavy atom. The van der Waals surface area contributed by atoms with Gasteiger partial charge in [-0.3, -0.25) is 9.69 Å². The first-order valence-corrected chi connectivity index (χ1v) is 6.92. The molecule has 0 aromatic heterocycles. The van der Waals surface area contributed by atoms with Gasteiger partial charge in [-0.15, -0.1) is 0 Å². The molecule has 1 aliphatic carbocycles. The van der Waals surface area contributed by atoms with Gasteiger partial charge in [0.05, 0.1) is 0 Å². The van der Waals surface area contributed by atoms with E-state index in [9.17, 15) is 4.79 Å². The van der Waals surface area contributed by atoms with Crippen molar-refractivity contribution in [2.24, 2.45) is 17.6 Å². The van der Waals surface area contributed by atoms with Gasteiger partial charge in [0.2, 0.25) is 5.91 Å². The molecule has 2 rings (SSSR count). The van der Waals surface area contributed by atoms with Gasteiger partial charge in [-0.2, -0.15) is 0 Å². The van der Waals surface area contributed by atoms with Crippen LogP contribution in [0.4, 0.5) is 0 Å². The molecular formula is C13H25N3O. The molecule has 17 heavy (non-hydrogen) atoms. The van der Waals surface area contributed by atoms with Crippen LogP contribution < -0.4 is 5.73 Å². The maximum atomic E-state index is 12.1. The topological polar surface area (TPSA) is 49.6 Å². The Balaban J connectivity index is 1.71. The molecule has 98 valence electrons. The van der Waals surface area contributed by atoms with E-state index < -0.39 is 0 Å². The number of rotatable bonds is 4. The molecule has 4 nitrogen and oxygen atoms in total. The van der Waals surface area contributed by atoms with E-state index in [0.717, 1.165) is 52.1 Å². The number of hydrogen-bond donors (Lipinski definition) is 1. The molecular weight excluding hydrogens is 214 g/mol. The third-order valence-electron chi connectivity index (χ3n) is 4.11. The highest BCUT2D eigenvalue weighted by Gasteiger charge is 2.31. The first-order chi connectivity index (χ1) is 8.20. The van der Waals surface area contributed by atoms with Crippen LogP contribution in [0.3, 0.4) is 0 Å². The molecule has 1 amide bonds. The summed E-state index contributed by atoms with van der Waals surface area (Å²) in [5.41, 5.74) is 5.64. The van der Waals surface area contributed by atoms with Gasteiger partial charge in [-0.1, -0.05) is 13.3 Å². The van der Waals surface area contributed by atoms with Crippen molar-refractivity contribution in [2.45, 2.75) is 26.2 Å². The fourth-order valence-corrected chi connectivity index (χ4v) is 2.58. The van der Waals surface area contributed by atoms with Gasteiger partial charge in [0.25, 0.3) is 0 Å². The quantitative estimate of drug-likeness (QED) is 0.778. The average molecular weight is 239 g/mol. The molecule has 1 atom stereocenters. The zero-order valence-corrected chi connectivity index (χ0v) is 10.9. The van der Waals surface area contributed by atoms with E-state index in [1.54, 1.807) is 0 Å². The highest BCUT2D eigenvalue weighted by Crippen LogP contribution is 2.28. The van der Waals surface area contributed by atoms with E-state index in [-0.39, 0.29) is 0 Å². The molecule has 0 aromatic rings. The lowest BCUT2D eigenvalue weighted by Gasteiger charge is -2.38. The lowest BCUT2D eigenvalue weighted by Crippen LogP contribution is -2.52. The number of nitrogens with zero attached hydrogens (tertiary/aromatic N) is 2. The van der Waals surface area contributed by atoms with Gasteiger partial charge in [0, 0.05) is 38.6 Å². The van der Waals surface area contributed by atoms with Gasteiger partial charge >= 0.3 is 0 Å². The van der Waals surface area contributed by atoms with Gasteiger partial charge < -0.3 is 10.6 Å². The molecule has 1 saturated carbocycles. The second-order valence-corrected chi connectivity index (χ2v) is 5.59. The van der Waals surface area contributed by atoms with Crippen molar-refractivity contribution in [3.8, 4) is 0 Å². The molecule has 1 aliphatic heterocycles. The number of piperazine rings is 1. The number of carbonyl (C=O) groups excluding carboxylic acids is 1. The minimum atomic E-state index is 0.351. The second kappa shape index (κ2) is 5.83. The van der Waals surface area contributed by atoms with Crippen molar-refractivity contribution in [2.75, 3.05) is 39.3 Å². The van der Waals surface area contributed by atoms with Crippen LogP contribution in [0.15, 0.2) is 0 Å². The van der Waals surface area contributed by atoms with Crippen LogP contribution in [-0.2, 0) is 4.79 Å². The van der Waals surface area contributed by atoms with Crippen LogP contribution in [-0.4, -0.2) is 55.0 Å². The predicted molar refractivity (Wildman–Crippen MR) is 68.6 cm³/mol. The van der Waals surface area contributed by atoms with Crippen molar-refractivity contribution >= 4 is 5.91 Å². The first kappa shape index (κ1) is 12.8. The van der Waals surface area contributed by atoms with E-state index in [1.165, 1.54) is 6.42 Å². The van der Waals surface area contributed by atoms with Crippen molar-refractivity contribution in [1.29, 1.82) is 0 Å². The molecule has 1 heterocycles. The molecule has 2 aliphatic rings. The molecule has 0 aromatic carbocycles. The lowest BCUT2D eigenvalue weighted by molar-refractivity contribution is -0.140. The summed E-state index contributed by atoms with van der Waals surface area (Å²) in [4.78, 5) is 16.5. The van der Waals surface area contributed by atoms with Gasteiger partial charge in [-0.05, 0) is 25.3 Å². The molecule has 0 radical (unpaired) electrons. The number of nitrogens with two attached hydrogens (primary N) is 1. The normalized spacial score (nSPS) is 24.5. The summed E-state index contributed by atoms with van der Waals surface area (Å²) in [5, 5.41) is 0. The Kier molecular flexibility index (Phi) is 4.40. The standard InChI is InChI=1S/C13H25N3O/c1-11(9-14)10-15-5-7-16(8-6-15)13(17)12-3-2-4-12/h11-12H,2-10,14H2,1H3. The van der Waals surface area contributed by atoms with E-state index >= 15 is 0 Å². The highest BCUT2D eigenvalue weighted by atomic mass is 16.2. The lowest BCUT2D eigenvalue weighted by atomic mass is 9.84. The van der Waals surface area contributed by atoms with Crippen LogP contribution >= 0.6 is 0 Å². The average Bonchev–Trinajstić information content (AvgIpc) is 2.27. The summed E-state index contributed by atoms with van der Waals surface area (Å²) < 4.78 is 0. The molecule has 1 saturated heterocycles. The monoisotopic (exact) mass is 239 g/mol. The van der Waals surface area contributed by atoms with Crippen molar-refractivity contribution in [3.05, 3.63) is 0 Å². The summed E-state index contributed by atoms with van der Waals surface area (Å²) in [6, 6.07) is 0. The zero-order chi connectivity index (χ0) is 12.3.